The highest BCUT2D eigenvalue weighted by atomic mass is 32.2. The minimum Gasteiger partial charge on any atom is -0.346 e. The summed E-state index contributed by atoms with van der Waals surface area (Å²) in [6, 6.07) is 15.5. The average Bonchev–Trinajstić information content (AvgIpc) is 3.20. The highest BCUT2D eigenvalue weighted by molar-refractivity contribution is 7.89. The van der Waals surface area contributed by atoms with E-state index in [9.17, 15) is 13.2 Å². The predicted molar refractivity (Wildman–Crippen MR) is 104 cm³/mol. The number of rotatable bonds is 8. The topological polar surface area (TPSA) is 106 Å². The number of carbonyl (C=O) groups excluding carboxylic acids is 1. The molecular formula is C19H21N5O3S. The first kappa shape index (κ1) is 19.7. The number of aryl methyl sites for hydroxylation is 1. The fourth-order valence-corrected chi connectivity index (χ4v) is 3.78. The molecule has 0 bridgehead atoms. The van der Waals surface area contributed by atoms with E-state index in [1.54, 1.807) is 37.5 Å². The standard InChI is InChI=1S/C19H21N5O3S/c1-15-6-5-9-17(12-15)28(26,27)22-13-19(25)23-18(14-24-20-10-11-21-24)16-7-3-2-4-8-16/h2-12,18,22H,13-14H2,1H3,(H,23,25). The lowest BCUT2D eigenvalue weighted by atomic mass is 10.1. The van der Waals surface area contributed by atoms with Gasteiger partial charge in [0.2, 0.25) is 15.9 Å². The van der Waals surface area contributed by atoms with Crippen LogP contribution in [0.5, 0.6) is 0 Å². The van der Waals surface area contributed by atoms with Crippen LogP contribution in [0.3, 0.4) is 0 Å². The number of carbonyl (C=O) groups is 1. The summed E-state index contributed by atoms with van der Waals surface area (Å²) in [5, 5.41) is 11.0. The smallest absolute Gasteiger partial charge is 0.241 e. The number of nitrogens with zero attached hydrogens (tertiary/aromatic N) is 3. The lowest BCUT2D eigenvalue weighted by molar-refractivity contribution is -0.120. The van der Waals surface area contributed by atoms with Crippen molar-refractivity contribution >= 4 is 15.9 Å². The van der Waals surface area contributed by atoms with Crippen molar-refractivity contribution in [2.45, 2.75) is 24.4 Å². The molecule has 3 rings (SSSR count). The number of benzene rings is 2. The number of nitrogens with one attached hydrogen (secondary N) is 2. The van der Waals surface area contributed by atoms with Crippen LogP contribution in [0, 0.1) is 6.92 Å². The summed E-state index contributed by atoms with van der Waals surface area (Å²) in [6.45, 7) is 1.76. The fraction of sp³-hybridized carbons (Fsp3) is 0.211. The van der Waals surface area contributed by atoms with Crippen LogP contribution in [-0.2, 0) is 21.4 Å². The molecule has 8 nitrogen and oxygen atoms in total. The second kappa shape index (κ2) is 8.77. The van der Waals surface area contributed by atoms with Crippen LogP contribution in [0.15, 0.2) is 71.9 Å². The van der Waals surface area contributed by atoms with Gasteiger partial charge in [-0.15, -0.1) is 0 Å². The Hall–Kier alpha value is -3.04. The maximum absolute atomic E-state index is 12.4. The van der Waals surface area contributed by atoms with Gasteiger partial charge >= 0.3 is 0 Å². The van der Waals surface area contributed by atoms with Gasteiger partial charge in [-0.25, -0.2) is 13.1 Å². The SMILES string of the molecule is Cc1cccc(S(=O)(=O)NCC(=O)NC(Cn2nccn2)c2ccccc2)c1. The molecule has 1 aromatic heterocycles. The molecule has 3 aromatic rings. The number of amides is 1. The van der Waals surface area contributed by atoms with Crippen LogP contribution in [0.25, 0.3) is 0 Å². The summed E-state index contributed by atoms with van der Waals surface area (Å²) in [7, 11) is -3.77. The Balaban J connectivity index is 1.66. The third-order valence-corrected chi connectivity index (χ3v) is 5.47. The quantitative estimate of drug-likeness (QED) is 0.596. The molecule has 146 valence electrons. The van der Waals surface area contributed by atoms with E-state index in [-0.39, 0.29) is 11.4 Å². The highest BCUT2D eigenvalue weighted by Gasteiger charge is 2.19. The van der Waals surface area contributed by atoms with Crippen LogP contribution in [0.1, 0.15) is 17.2 Å². The van der Waals surface area contributed by atoms with Crippen molar-refractivity contribution in [3.05, 3.63) is 78.1 Å². The minimum absolute atomic E-state index is 0.126. The van der Waals surface area contributed by atoms with Gasteiger partial charge in [0, 0.05) is 0 Å². The molecule has 0 saturated heterocycles. The van der Waals surface area contributed by atoms with Crippen LogP contribution in [0.4, 0.5) is 0 Å². The van der Waals surface area contributed by atoms with E-state index in [0.717, 1.165) is 11.1 Å². The summed E-state index contributed by atoms with van der Waals surface area (Å²) in [5.74, 6) is -0.447. The summed E-state index contributed by atoms with van der Waals surface area (Å²) >= 11 is 0. The van der Waals surface area contributed by atoms with Gasteiger partial charge in [-0.3, -0.25) is 4.79 Å². The number of sulfonamides is 1. The van der Waals surface area contributed by atoms with E-state index < -0.39 is 22.0 Å². The number of aromatic nitrogens is 3. The summed E-state index contributed by atoms with van der Waals surface area (Å²) in [5.41, 5.74) is 1.69. The van der Waals surface area contributed by atoms with E-state index in [0.29, 0.717) is 6.54 Å². The molecule has 1 atom stereocenters. The molecule has 9 heteroatoms. The van der Waals surface area contributed by atoms with Crippen molar-refractivity contribution in [2.24, 2.45) is 0 Å². The Morgan fingerprint density at radius 2 is 1.79 bits per heavy atom. The van der Waals surface area contributed by atoms with Gasteiger partial charge in [0.05, 0.1) is 36.4 Å². The van der Waals surface area contributed by atoms with Crippen molar-refractivity contribution < 1.29 is 13.2 Å². The van der Waals surface area contributed by atoms with E-state index >= 15 is 0 Å². The first-order valence-electron chi connectivity index (χ1n) is 8.69. The second-order valence-electron chi connectivity index (χ2n) is 6.26. The fourth-order valence-electron chi connectivity index (χ4n) is 2.69. The molecule has 1 heterocycles. The number of hydrogen-bond donors (Lipinski definition) is 2. The summed E-state index contributed by atoms with van der Waals surface area (Å²) in [6.07, 6.45) is 3.11. The molecule has 0 spiro atoms. The molecule has 0 aliphatic heterocycles. The molecule has 1 unspecified atom stereocenters. The largest absolute Gasteiger partial charge is 0.346 e. The van der Waals surface area contributed by atoms with E-state index in [1.165, 1.54) is 10.9 Å². The van der Waals surface area contributed by atoms with Gasteiger partial charge in [-0.05, 0) is 30.2 Å². The summed E-state index contributed by atoms with van der Waals surface area (Å²) < 4.78 is 27.1. The third-order valence-electron chi connectivity index (χ3n) is 4.07. The zero-order chi connectivity index (χ0) is 20.0. The molecule has 0 aliphatic carbocycles. The van der Waals surface area contributed by atoms with Crippen molar-refractivity contribution in [3.8, 4) is 0 Å². The second-order valence-corrected chi connectivity index (χ2v) is 8.02. The van der Waals surface area contributed by atoms with Crippen molar-refractivity contribution in [3.63, 3.8) is 0 Å². The van der Waals surface area contributed by atoms with Crippen LogP contribution < -0.4 is 10.0 Å². The maximum atomic E-state index is 12.4. The molecule has 28 heavy (non-hydrogen) atoms. The molecular weight excluding hydrogens is 378 g/mol. The van der Waals surface area contributed by atoms with E-state index in [4.69, 9.17) is 0 Å². The Kier molecular flexibility index (Phi) is 6.17. The van der Waals surface area contributed by atoms with Crippen LogP contribution in [0.2, 0.25) is 0 Å². The normalized spacial score (nSPS) is 12.5. The Labute approximate surface area is 163 Å². The molecule has 0 radical (unpaired) electrons. The van der Waals surface area contributed by atoms with Crippen molar-refractivity contribution in [2.75, 3.05) is 6.54 Å². The zero-order valence-electron chi connectivity index (χ0n) is 15.3. The molecule has 0 fully saturated rings. The summed E-state index contributed by atoms with van der Waals surface area (Å²) in [4.78, 5) is 14.0. The third kappa shape index (κ3) is 5.24. The maximum Gasteiger partial charge on any atom is 0.241 e. The van der Waals surface area contributed by atoms with Gasteiger partial charge in [0.1, 0.15) is 0 Å². The van der Waals surface area contributed by atoms with Gasteiger partial charge in [-0.1, -0.05) is 42.5 Å². The monoisotopic (exact) mass is 399 g/mol. The molecule has 2 N–H and O–H groups in total. The number of hydrogen-bond acceptors (Lipinski definition) is 5. The lowest BCUT2D eigenvalue weighted by Crippen LogP contribution is -2.40. The highest BCUT2D eigenvalue weighted by Crippen LogP contribution is 2.14. The lowest BCUT2D eigenvalue weighted by Gasteiger charge is -2.19. The predicted octanol–water partition coefficient (Wildman–Crippen LogP) is 1.42. The van der Waals surface area contributed by atoms with Gasteiger partial charge in [0.25, 0.3) is 0 Å². The van der Waals surface area contributed by atoms with Gasteiger partial charge < -0.3 is 5.32 Å². The molecule has 1 amide bonds. The van der Waals surface area contributed by atoms with Crippen LogP contribution in [-0.4, -0.2) is 35.9 Å². The van der Waals surface area contributed by atoms with E-state index in [1.807, 2.05) is 30.3 Å². The molecule has 2 aromatic carbocycles. The average molecular weight is 399 g/mol. The minimum atomic E-state index is -3.77. The zero-order valence-corrected chi connectivity index (χ0v) is 16.1. The van der Waals surface area contributed by atoms with Crippen molar-refractivity contribution in [1.29, 1.82) is 0 Å². The first-order chi connectivity index (χ1) is 13.4. The molecule has 0 saturated carbocycles. The Bertz CT molecular complexity index is 1020. The molecule has 0 aliphatic rings. The van der Waals surface area contributed by atoms with Gasteiger partial charge in [-0.2, -0.15) is 15.0 Å². The van der Waals surface area contributed by atoms with E-state index in [2.05, 4.69) is 20.2 Å². The van der Waals surface area contributed by atoms with Crippen molar-refractivity contribution in [1.82, 2.24) is 25.0 Å². The Morgan fingerprint density at radius 1 is 1.07 bits per heavy atom. The van der Waals surface area contributed by atoms with Gasteiger partial charge in [0.15, 0.2) is 0 Å². The Morgan fingerprint density at radius 3 is 2.46 bits per heavy atom. The first-order valence-corrected chi connectivity index (χ1v) is 10.2. The van der Waals surface area contributed by atoms with Crippen LogP contribution >= 0.6 is 0 Å².